The van der Waals surface area contributed by atoms with Crippen molar-refractivity contribution in [3.8, 4) is 5.75 Å². The van der Waals surface area contributed by atoms with Crippen molar-refractivity contribution < 1.29 is 29.6 Å². The number of methoxy groups -OCH3 is 1. The Bertz CT molecular complexity index is 1470. The number of ether oxygens (including phenoxy) is 1. The van der Waals surface area contributed by atoms with Gasteiger partial charge in [0, 0.05) is 41.4 Å². The van der Waals surface area contributed by atoms with Crippen molar-refractivity contribution in [1.82, 2.24) is 24.8 Å². The van der Waals surface area contributed by atoms with Crippen molar-refractivity contribution >= 4 is 33.9 Å². The molecule has 0 spiro atoms. The number of aliphatic carboxylic acids is 2. The summed E-state index contributed by atoms with van der Waals surface area (Å²) in [6.45, 7) is 1.41. The predicted octanol–water partition coefficient (Wildman–Crippen LogP) is 3.22. The first kappa shape index (κ1) is 27.5. The normalized spacial score (nSPS) is 16.4. The maximum atomic E-state index is 11.9. The number of likely N-dealkylation sites (tertiary alicyclic amines) is 1. The van der Waals surface area contributed by atoms with Gasteiger partial charge < -0.3 is 29.9 Å². The Balaban J connectivity index is 1.31. The van der Waals surface area contributed by atoms with E-state index < -0.39 is 24.1 Å². The van der Waals surface area contributed by atoms with Crippen LogP contribution >= 0.6 is 0 Å². The molecule has 1 aliphatic heterocycles. The van der Waals surface area contributed by atoms with Gasteiger partial charge in [-0.1, -0.05) is 0 Å². The Morgan fingerprint density at radius 1 is 1.10 bits per heavy atom. The largest absolute Gasteiger partial charge is 0.497 e. The van der Waals surface area contributed by atoms with Crippen LogP contribution in [-0.2, 0) is 9.59 Å². The van der Waals surface area contributed by atoms with E-state index in [-0.39, 0.29) is 19.0 Å². The second-order valence-corrected chi connectivity index (χ2v) is 10.2. The van der Waals surface area contributed by atoms with Crippen LogP contribution in [0.5, 0.6) is 5.75 Å². The molecule has 4 N–H and O–H groups in total. The van der Waals surface area contributed by atoms with Crippen LogP contribution < -0.4 is 4.74 Å². The van der Waals surface area contributed by atoms with Crippen LogP contribution in [0.15, 0.2) is 54.9 Å². The standard InChI is InChI=1S/C29H33N5O6/c1-40-20-4-5-23-22(14-20)21(6-10-30-23)26(35)16-33-11-7-19(8-12-33)34(17-28(38)39)25(15-27(36)37)24-13-18-3-2-9-31-29(18)32-24/h2-6,9-10,13-14,19,25-26,35H,7-8,11-12,15-17H2,1H3,(H,31,32)(H,36,37)(H,38,39)/t25?,26-/m0/s1. The third kappa shape index (κ3) is 6.06. The third-order valence-electron chi connectivity index (χ3n) is 7.66. The number of benzene rings is 1. The number of β-amino-alcohol motifs (C(OH)–C–C–N with tert-alkyl or cyclic N) is 1. The number of nitrogens with zero attached hydrogens (tertiary/aromatic N) is 4. The summed E-state index contributed by atoms with van der Waals surface area (Å²) in [5.41, 5.74) is 2.81. The number of carboxylic acid groups (broad SMARTS) is 2. The molecule has 210 valence electrons. The number of pyridine rings is 2. The summed E-state index contributed by atoms with van der Waals surface area (Å²) in [6.07, 6.45) is 3.63. The molecule has 1 aromatic carbocycles. The van der Waals surface area contributed by atoms with Crippen LogP contribution in [0.3, 0.4) is 0 Å². The molecule has 0 saturated carbocycles. The monoisotopic (exact) mass is 547 g/mol. The molecule has 0 amide bonds. The number of carboxylic acids is 2. The smallest absolute Gasteiger partial charge is 0.317 e. The lowest BCUT2D eigenvalue weighted by Crippen LogP contribution is -2.49. The minimum Gasteiger partial charge on any atom is -0.497 e. The van der Waals surface area contributed by atoms with E-state index in [0.717, 1.165) is 21.9 Å². The van der Waals surface area contributed by atoms with Gasteiger partial charge in [-0.15, -0.1) is 0 Å². The third-order valence-corrected chi connectivity index (χ3v) is 7.66. The van der Waals surface area contributed by atoms with E-state index in [1.165, 1.54) is 0 Å². The summed E-state index contributed by atoms with van der Waals surface area (Å²) in [6, 6.07) is 12.1. The molecule has 1 saturated heterocycles. The SMILES string of the molecule is COc1ccc2nccc([C@@H](O)CN3CCC(N(CC(=O)O)C(CC(=O)O)c4cc5cccnc5[nH]4)CC3)c2c1. The fourth-order valence-corrected chi connectivity index (χ4v) is 5.72. The fraction of sp³-hybridized carbons (Fsp3) is 0.379. The van der Waals surface area contributed by atoms with Gasteiger partial charge in [0.25, 0.3) is 0 Å². The van der Waals surface area contributed by atoms with E-state index in [1.54, 1.807) is 30.5 Å². The first-order valence-electron chi connectivity index (χ1n) is 13.3. The number of aromatic nitrogens is 3. The maximum Gasteiger partial charge on any atom is 0.317 e. The number of carbonyl (C=O) groups is 2. The van der Waals surface area contributed by atoms with Crippen molar-refractivity contribution in [1.29, 1.82) is 0 Å². The number of rotatable bonds is 11. The lowest BCUT2D eigenvalue weighted by Gasteiger charge is -2.41. The Hall–Kier alpha value is -4.06. The van der Waals surface area contributed by atoms with Crippen molar-refractivity contribution in [3.05, 3.63) is 66.1 Å². The summed E-state index contributed by atoms with van der Waals surface area (Å²) in [5.74, 6) is -1.33. The number of fused-ring (bicyclic) bond motifs is 2. The zero-order chi connectivity index (χ0) is 28.2. The van der Waals surface area contributed by atoms with Crippen LogP contribution in [0.1, 0.15) is 42.7 Å². The van der Waals surface area contributed by atoms with Crippen molar-refractivity contribution in [2.45, 2.75) is 37.5 Å². The molecule has 0 radical (unpaired) electrons. The van der Waals surface area contributed by atoms with Crippen LogP contribution in [0.25, 0.3) is 21.9 Å². The summed E-state index contributed by atoms with van der Waals surface area (Å²) in [5, 5.41) is 32.3. The van der Waals surface area contributed by atoms with Crippen LogP contribution in [0.2, 0.25) is 0 Å². The van der Waals surface area contributed by atoms with Gasteiger partial charge >= 0.3 is 11.9 Å². The first-order chi connectivity index (χ1) is 19.3. The lowest BCUT2D eigenvalue weighted by molar-refractivity contribution is -0.144. The van der Waals surface area contributed by atoms with Crippen LogP contribution in [-0.4, -0.2) is 91.3 Å². The van der Waals surface area contributed by atoms with Gasteiger partial charge in [0.1, 0.15) is 11.4 Å². The molecule has 1 fully saturated rings. The van der Waals surface area contributed by atoms with Crippen LogP contribution in [0, 0.1) is 0 Å². The summed E-state index contributed by atoms with van der Waals surface area (Å²) in [4.78, 5) is 39.6. The number of piperidine rings is 1. The van der Waals surface area contributed by atoms with Crippen molar-refractivity contribution in [3.63, 3.8) is 0 Å². The van der Waals surface area contributed by atoms with Crippen LogP contribution in [0.4, 0.5) is 0 Å². The number of nitrogens with one attached hydrogen (secondary N) is 1. The van der Waals surface area contributed by atoms with E-state index in [4.69, 9.17) is 4.74 Å². The quantitative estimate of drug-likeness (QED) is 0.220. The molecule has 11 heteroatoms. The topological polar surface area (TPSA) is 152 Å². The number of hydrogen-bond acceptors (Lipinski definition) is 8. The summed E-state index contributed by atoms with van der Waals surface area (Å²) < 4.78 is 5.35. The molecule has 0 bridgehead atoms. The minimum absolute atomic E-state index is 0.140. The minimum atomic E-state index is -1.01. The Kier molecular flexibility index (Phi) is 8.24. The predicted molar refractivity (Wildman–Crippen MR) is 148 cm³/mol. The molecule has 3 aromatic heterocycles. The van der Waals surface area contributed by atoms with Crippen molar-refractivity contribution in [2.24, 2.45) is 0 Å². The average Bonchev–Trinajstić information content (AvgIpc) is 3.38. The van der Waals surface area contributed by atoms with Gasteiger partial charge in [0.2, 0.25) is 0 Å². The molecule has 2 atom stereocenters. The second-order valence-electron chi connectivity index (χ2n) is 10.2. The molecule has 40 heavy (non-hydrogen) atoms. The highest BCUT2D eigenvalue weighted by atomic mass is 16.5. The van der Waals surface area contributed by atoms with E-state index in [0.29, 0.717) is 49.6 Å². The number of aliphatic hydroxyl groups excluding tert-OH is 1. The summed E-state index contributed by atoms with van der Waals surface area (Å²) in [7, 11) is 1.60. The van der Waals surface area contributed by atoms with Gasteiger partial charge in [-0.05, 0) is 74.0 Å². The molecule has 11 nitrogen and oxygen atoms in total. The van der Waals surface area contributed by atoms with Crippen molar-refractivity contribution in [2.75, 3.05) is 33.3 Å². The molecule has 1 unspecified atom stereocenters. The molecular formula is C29H33N5O6. The van der Waals surface area contributed by atoms with E-state index >= 15 is 0 Å². The lowest BCUT2D eigenvalue weighted by atomic mass is 9.97. The molecule has 4 heterocycles. The number of aromatic amines is 1. The first-order valence-corrected chi connectivity index (χ1v) is 13.3. The Morgan fingerprint density at radius 3 is 2.60 bits per heavy atom. The van der Waals surface area contributed by atoms with E-state index in [1.807, 2.05) is 36.4 Å². The molecule has 1 aliphatic rings. The molecular weight excluding hydrogens is 514 g/mol. The zero-order valence-corrected chi connectivity index (χ0v) is 22.2. The highest BCUT2D eigenvalue weighted by Gasteiger charge is 2.34. The Labute approximate surface area is 231 Å². The molecule has 4 aromatic rings. The average molecular weight is 548 g/mol. The fourth-order valence-electron chi connectivity index (χ4n) is 5.72. The zero-order valence-electron chi connectivity index (χ0n) is 22.2. The van der Waals surface area contributed by atoms with Gasteiger partial charge in [-0.3, -0.25) is 19.5 Å². The van der Waals surface area contributed by atoms with Gasteiger partial charge in [0.05, 0.1) is 37.7 Å². The van der Waals surface area contributed by atoms with E-state index in [9.17, 15) is 24.9 Å². The highest BCUT2D eigenvalue weighted by Crippen LogP contribution is 2.32. The second kappa shape index (κ2) is 12.0. The number of aliphatic hydroxyl groups is 1. The maximum absolute atomic E-state index is 11.9. The van der Waals surface area contributed by atoms with Gasteiger partial charge in [-0.2, -0.15) is 0 Å². The van der Waals surface area contributed by atoms with E-state index in [2.05, 4.69) is 19.9 Å². The van der Waals surface area contributed by atoms with Gasteiger partial charge in [0.15, 0.2) is 0 Å². The number of H-pyrrole nitrogens is 1. The molecule has 5 rings (SSSR count). The number of hydrogen-bond donors (Lipinski definition) is 4. The summed E-state index contributed by atoms with van der Waals surface area (Å²) >= 11 is 0. The highest BCUT2D eigenvalue weighted by molar-refractivity contribution is 5.84. The molecule has 0 aliphatic carbocycles. The Morgan fingerprint density at radius 2 is 1.90 bits per heavy atom. The van der Waals surface area contributed by atoms with Gasteiger partial charge in [-0.25, -0.2) is 4.98 Å².